The van der Waals surface area contributed by atoms with Crippen LogP contribution in [0.3, 0.4) is 0 Å². The molecule has 0 aliphatic carbocycles. The number of terminal acetylenes is 1. The summed E-state index contributed by atoms with van der Waals surface area (Å²) in [6, 6.07) is 15.4. The summed E-state index contributed by atoms with van der Waals surface area (Å²) in [6.45, 7) is 12.8. The molecule has 2 atom stereocenters. The number of alkyl carbamates (subject to hydrolysis) is 1. The van der Waals surface area contributed by atoms with Crippen LogP contribution in [0, 0.1) is 32.2 Å². The molecule has 36 heavy (non-hydrogen) atoms. The summed E-state index contributed by atoms with van der Waals surface area (Å²) in [5.41, 5.74) is 2.47. The van der Waals surface area contributed by atoms with Gasteiger partial charge in [0.1, 0.15) is 17.7 Å². The van der Waals surface area contributed by atoms with E-state index in [1.54, 1.807) is 34.6 Å². The molecule has 7 heteroatoms. The van der Waals surface area contributed by atoms with E-state index >= 15 is 0 Å². The zero-order valence-corrected chi connectivity index (χ0v) is 22.2. The molecule has 0 heterocycles. The number of carbonyl (C=O) groups excluding carboxylic acids is 3. The van der Waals surface area contributed by atoms with Crippen molar-refractivity contribution in [2.24, 2.45) is 5.92 Å². The Morgan fingerprint density at radius 2 is 1.58 bits per heavy atom. The molecule has 0 aliphatic heterocycles. The third kappa shape index (κ3) is 7.61. The number of benzene rings is 2. The van der Waals surface area contributed by atoms with Crippen molar-refractivity contribution in [2.45, 2.75) is 72.7 Å². The fraction of sp³-hybridized carbons (Fsp3) is 0.414. The van der Waals surface area contributed by atoms with Crippen LogP contribution in [-0.4, -0.2) is 34.5 Å². The van der Waals surface area contributed by atoms with Gasteiger partial charge in [-0.3, -0.25) is 14.5 Å². The van der Waals surface area contributed by atoms with Gasteiger partial charge in [0, 0.05) is 12.6 Å². The Hall–Kier alpha value is -3.79. The van der Waals surface area contributed by atoms with Gasteiger partial charge in [-0.1, -0.05) is 68.8 Å². The van der Waals surface area contributed by atoms with Gasteiger partial charge in [-0.15, -0.1) is 0 Å². The van der Waals surface area contributed by atoms with E-state index in [4.69, 9.17) is 11.2 Å². The molecular weight excluding hydrogens is 454 g/mol. The molecule has 0 saturated carbocycles. The molecule has 2 aromatic rings. The molecule has 0 saturated heterocycles. The van der Waals surface area contributed by atoms with Crippen molar-refractivity contribution in [2.75, 3.05) is 0 Å². The largest absolute Gasteiger partial charge is 0.444 e. The van der Waals surface area contributed by atoms with Crippen molar-refractivity contribution in [1.82, 2.24) is 15.5 Å². The van der Waals surface area contributed by atoms with Crippen molar-refractivity contribution in [3.63, 3.8) is 0 Å². The van der Waals surface area contributed by atoms with Gasteiger partial charge in [-0.05, 0) is 62.8 Å². The quantitative estimate of drug-likeness (QED) is 0.416. The first kappa shape index (κ1) is 28.4. The average molecular weight is 492 g/mol. The summed E-state index contributed by atoms with van der Waals surface area (Å²) in [5.74, 6) is -1.30. The lowest BCUT2D eigenvalue weighted by molar-refractivity contribution is -0.139. The van der Waals surface area contributed by atoms with Gasteiger partial charge in [0.2, 0.25) is 5.91 Å². The SMILES string of the molecule is C#CN(C(=O)C(NC(=O)OC(C)(C)C)C(C)C)C(C(=O)NCc1ccccc1)c1c(C)cccc1C. The van der Waals surface area contributed by atoms with Crippen LogP contribution < -0.4 is 10.6 Å². The first-order valence-corrected chi connectivity index (χ1v) is 12.0. The number of nitrogens with zero attached hydrogens (tertiary/aromatic N) is 1. The number of hydrogen-bond acceptors (Lipinski definition) is 4. The zero-order valence-electron chi connectivity index (χ0n) is 22.2. The van der Waals surface area contributed by atoms with Crippen molar-refractivity contribution in [3.05, 3.63) is 70.8 Å². The second-order valence-corrected chi connectivity index (χ2v) is 10.1. The van der Waals surface area contributed by atoms with E-state index in [-0.39, 0.29) is 12.5 Å². The van der Waals surface area contributed by atoms with Crippen molar-refractivity contribution in [3.8, 4) is 12.5 Å². The van der Waals surface area contributed by atoms with Crippen molar-refractivity contribution >= 4 is 17.9 Å². The van der Waals surface area contributed by atoms with E-state index in [0.29, 0.717) is 5.56 Å². The molecule has 2 aromatic carbocycles. The van der Waals surface area contributed by atoms with Gasteiger partial charge in [0.15, 0.2) is 0 Å². The van der Waals surface area contributed by atoms with Gasteiger partial charge in [0.25, 0.3) is 5.91 Å². The van der Waals surface area contributed by atoms with E-state index in [1.807, 2.05) is 62.4 Å². The highest BCUT2D eigenvalue weighted by atomic mass is 16.6. The maximum atomic E-state index is 13.8. The van der Waals surface area contributed by atoms with Crippen LogP contribution >= 0.6 is 0 Å². The fourth-order valence-corrected chi connectivity index (χ4v) is 3.88. The fourth-order valence-electron chi connectivity index (χ4n) is 3.88. The minimum absolute atomic E-state index is 0.275. The zero-order chi connectivity index (χ0) is 27.0. The second-order valence-electron chi connectivity index (χ2n) is 10.1. The smallest absolute Gasteiger partial charge is 0.408 e. The molecular formula is C29H37N3O4. The molecule has 192 valence electrons. The Morgan fingerprint density at radius 3 is 2.08 bits per heavy atom. The van der Waals surface area contributed by atoms with Crippen molar-refractivity contribution < 1.29 is 19.1 Å². The van der Waals surface area contributed by atoms with Gasteiger partial charge >= 0.3 is 6.09 Å². The molecule has 7 nitrogen and oxygen atoms in total. The highest BCUT2D eigenvalue weighted by Gasteiger charge is 2.38. The van der Waals surface area contributed by atoms with Gasteiger partial charge in [-0.2, -0.15) is 0 Å². The predicted octanol–water partition coefficient (Wildman–Crippen LogP) is 4.63. The number of nitrogens with one attached hydrogen (secondary N) is 2. The van der Waals surface area contributed by atoms with Crippen LogP contribution in [0.5, 0.6) is 0 Å². The van der Waals surface area contributed by atoms with Gasteiger partial charge in [0.05, 0.1) is 0 Å². The molecule has 0 bridgehead atoms. The summed E-state index contributed by atoms with van der Waals surface area (Å²) < 4.78 is 5.35. The lowest BCUT2D eigenvalue weighted by Gasteiger charge is -2.33. The molecule has 2 unspecified atom stereocenters. The number of carbonyl (C=O) groups is 3. The van der Waals surface area contributed by atoms with E-state index in [0.717, 1.165) is 21.6 Å². The summed E-state index contributed by atoms with van der Waals surface area (Å²) in [7, 11) is 0. The molecule has 2 N–H and O–H groups in total. The predicted molar refractivity (Wildman–Crippen MR) is 141 cm³/mol. The molecule has 2 rings (SSSR count). The summed E-state index contributed by atoms with van der Waals surface area (Å²) in [5, 5.41) is 5.56. The monoisotopic (exact) mass is 491 g/mol. The molecule has 0 radical (unpaired) electrons. The summed E-state index contributed by atoms with van der Waals surface area (Å²) in [4.78, 5) is 41.0. The van der Waals surface area contributed by atoms with Crippen LogP contribution in [0.4, 0.5) is 4.79 Å². The first-order chi connectivity index (χ1) is 16.9. The first-order valence-electron chi connectivity index (χ1n) is 12.0. The van der Waals surface area contributed by atoms with Crippen LogP contribution in [0.2, 0.25) is 0 Å². The molecule has 0 aliphatic rings. The van der Waals surface area contributed by atoms with E-state index in [1.165, 1.54) is 0 Å². The van der Waals surface area contributed by atoms with Crippen LogP contribution in [0.25, 0.3) is 0 Å². The van der Waals surface area contributed by atoms with Crippen LogP contribution in [0.1, 0.15) is 62.9 Å². The average Bonchev–Trinajstić information content (AvgIpc) is 2.79. The standard InChI is InChI=1S/C29H37N3O4/c1-9-32(27(34)24(19(2)3)31-28(35)36-29(6,7)8)25(23-20(4)14-13-15-21(23)5)26(33)30-18-22-16-11-10-12-17-22/h1,10-17,19,24-25H,18H2,2-8H3,(H,30,33)(H,31,35). The van der Waals surface area contributed by atoms with Gasteiger partial charge < -0.3 is 15.4 Å². The third-order valence-electron chi connectivity index (χ3n) is 5.61. The molecule has 0 fully saturated rings. The topological polar surface area (TPSA) is 87.7 Å². The van der Waals surface area contributed by atoms with Crippen LogP contribution in [0.15, 0.2) is 48.5 Å². The number of rotatable bonds is 8. The highest BCUT2D eigenvalue weighted by molar-refractivity contribution is 5.93. The minimum Gasteiger partial charge on any atom is -0.444 e. The molecule has 3 amide bonds. The number of hydrogen-bond donors (Lipinski definition) is 2. The third-order valence-corrected chi connectivity index (χ3v) is 5.61. The Balaban J connectivity index is 2.45. The Labute approximate surface area is 214 Å². The van der Waals surface area contributed by atoms with E-state index in [9.17, 15) is 14.4 Å². The second kappa shape index (κ2) is 12.3. The van der Waals surface area contributed by atoms with E-state index < -0.39 is 35.6 Å². The minimum atomic E-state index is -1.09. The molecule has 0 spiro atoms. The normalized spacial score (nSPS) is 12.8. The lowest BCUT2D eigenvalue weighted by Crippen LogP contribution is -2.53. The number of aryl methyl sites for hydroxylation is 2. The highest BCUT2D eigenvalue weighted by Crippen LogP contribution is 2.29. The molecule has 0 aromatic heterocycles. The summed E-state index contributed by atoms with van der Waals surface area (Å²) >= 11 is 0. The van der Waals surface area contributed by atoms with Crippen molar-refractivity contribution in [1.29, 1.82) is 0 Å². The number of ether oxygens (including phenoxy) is 1. The lowest BCUT2D eigenvalue weighted by atomic mass is 9.93. The van der Waals surface area contributed by atoms with E-state index in [2.05, 4.69) is 16.7 Å². The Morgan fingerprint density at radius 1 is 1.00 bits per heavy atom. The maximum Gasteiger partial charge on any atom is 0.408 e. The number of amides is 3. The van der Waals surface area contributed by atoms with Crippen LogP contribution in [-0.2, 0) is 20.9 Å². The van der Waals surface area contributed by atoms with Gasteiger partial charge in [-0.25, -0.2) is 4.79 Å². The maximum absolute atomic E-state index is 13.8. The Bertz CT molecular complexity index is 1090. The Kier molecular flexibility index (Phi) is 9.68. The summed E-state index contributed by atoms with van der Waals surface area (Å²) in [6.07, 6.45) is 5.13.